The van der Waals surface area contributed by atoms with Crippen LogP contribution in [0.1, 0.15) is 18.2 Å². The van der Waals surface area contributed by atoms with Crippen LogP contribution in [0.3, 0.4) is 0 Å². The van der Waals surface area contributed by atoms with E-state index in [1.165, 1.54) is 0 Å². The number of nitro groups is 1. The molecule has 0 bridgehead atoms. The molecule has 0 radical (unpaired) electrons. The number of hydrogen-bond acceptors (Lipinski definition) is 7. The molecule has 2 rings (SSSR count). The van der Waals surface area contributed by atoms with E-state index in [4.69, 9.17) is 11.6 Å². The van der Waals surface area contributed by atoms with Gasteiger partial charge in [-0.3, -0.25) is 19.7 Å². The fraction of sp³-hybridized carbons (Fsp3) is 0.286. The zero-order valence-electron chi connectivity index (χ0n) is 14.2. The van der Waals surface area contributed by atoms with E-state index in [0.717, 1.165) is 14.0 Å². The van der Waals surface area contributed by atoms with Gasteiger partial charge in [0.2, 0.25) is 11.7 Å². The highest BCUT2D eigenvalue weighted by Gasteiger charge is 2.34. The van der Waals surface area contributed by atoms with Gasteiger partial charge in [0.05, 0.1) is 29.0 Å². The van der Waals surface area contributed by atoms with Crippen LogP contribution in [0.15, 0.2) is 12.3 Å². The number of ether oxygens (including phenoxy) is 1. The summed E-state index contributed by atoms with van der Waals surface area (Å²) in [7, 11) is 1.03. The summed E-state index contributed by atoms with van der Waals surface area (Å²) in [6.07, 6.45) is -4.95. The van der Waals surface area contributed by atoms with Crippen molar-refractivity contribution < 1.29 is 32.4 Å². The number of anilines is 1. The van der Waals surface area contributed by atoms with Crippen molar-refractivity contribution in [2.75, 3.05) is 12.4 Å². The quantitative estimate of drug-likeness (QED) is 0.446. The lowest BCUT2D eigenvalue weighted by atomic mass is 10.2. The van der Waals surface area contributed by atoms with Crippen LogP contribution < -0.4 is 5.32 Å². The van der Waals surface area contributed by atoms with Crippen molar-refractivity contribution in [3.05, 3.63) is 38.7 Å². The molecule has 0 saturated heterocycles. The summed E-state index contributed by atoms with van der Waals surface area (Å²) in [6, 6.07) is 0.553. The van der Waals surface area contributed by atoms with E-state index in [1.807, 2.05) is 0 Å². The van der Waals surface area contributed by atoms with Gasteiger partial charge in [-0.15, -0.1) is 5.10 Å². The van der Waals surface area contributed by atoms with E-state index < -0.39 is 63.0 Å². The van der Waals surface area contributed by atoms with Crippen LogP contribution in [-0.4, -0.2) is 38.7 Å². The number of halogens is 4. The Labute approximate surface area is 159 Å². The molecule has 0 aliphatic heterocycles. The van der Waals surface area contributed by atoms with Crippen LogP contribution >= 0.6 is 11.6 Å². The number of amides is 1. The molecule has 14 heteroatoms. The molecule has 0 aliphatic carbocycles. The van der Waals surface area contributed by atoms with E-state index >= 15 is 0 Å². The maximum Gasteiger partial charge on any atom is 0.417 e. The summed E-state index contributed by atoms with van der Waals surface area (Å²) in [5, 5.41) is 16.8. The molecule has 2 aromatic heterocycles. The van der Waals surface area contributed by atoms with Gasteiger partial charge in [0.1, 0.15) is 5.69 Å². The first kappa shape index (κ1) is 21.1. The minimum atomic E-state index is -4.72. The number of nitrogens with zero attached hydrogens (tertiary/aromatic N) is 4. The third-order valence-electron chi connectivity index (χ3n) is 3.32. The molecule has 1 N–H and O–H groups in total. The maximum atomic E-state index is 12.8. The zero-order valence-corrected chi connectivity index (χ0v) is 15.0. The second-order valence-electron chi connectivity index (χ2n) is 5.27. The third kappa shape index (κ3) is 4.36. The van der Waals surface area contributed by atoms with Crippen molar-refractivity contribution in [1.82, 2.24) is 14.8 Å². The van der Waals surface area contributed by atoms with Crippen molar-refractivity contribution in [3.8, 4) is 5.82 Å². The Hall–Kier alpha value is -3.22. The summed E-state index contributed by atoms with van der Waals surface area (Å²) >= 11 is 5.86. The number of hydrogen-bond donors (Lipinski definition) is 1. The number of aromatic nitrogens is 3. The highest BCUT2D eigenvalue weighted by atomic mass is 35.5. The molecule has 0 aliphatic rings. The summed E-state index contributed by atoms with van der Waals surface area (Å²) in [6.45, 7) is 1.06. The molecule has 0 atom stereocenters. The van der Waals surface area contributed by atoms with E-state index in [-0.39, 0.29) is 0 Å². The molecule has 0 fully saturated rings. The molecule has 2 aromatic rings. The van der Waals surface area contributed by atoms with Crippen molar-refractivity contribution >= 4 is 35.0 Å². The molecular formula is C14H11ClF3N5O5. The SMILES string of the molecule is COC(=O)Cc1c([N+](=O)[O-])c(NC(C)=O)nn1-c1ncc(C(F)(F)F)cc1Cl. The van der Waals surface area contributed by atoms with E-state index in [9.17, 15) is 32.9 Å². The first-order valence-electron chi connectivity index (χ1n) is 7.29. The van der Waals surface area contributed by atoms with Crippen LogP contribution in [-0.2, 0) is 26.9 Å². The van der Waals surface area contributed by atoms with Gasteiger partial charge >= 0.3 is 17.8 Å². The Balaban J connectivity index is 2.73. The van der Waals surface area contributed by atoms with Crippen LogP contribution in [0.4, 0.5) is 24.7 Å². The number of pyridine rings is 1. The predicted octanol–water partition coefficient (Wildman–Crippen LogP) is 2.52. The predicted molar refractivity (Wildman–Crippen MR) is 88.0 cm³/mol. The molecule has 28 heavy (non-hydrogen) atoms. The van der Waals surface area contributed by atoms with Gasteiger partial charge in [-0.25, -0.2) is 9.67 Å². The fourth-order valence-corrected chi connectivity index (χ4v) is 2.42. The van der Waals surface area contributed by atoms with Crippen molar-refractivity contribution in [2.24, 2.45) is 0 Å². The van der Waals surface area contributed by atoms with Gasteiger partial charge in [-0.05, 0) is 6.07 Å². The van der Waals surface area contributed by atoms with E-state index in [1.54, 1.807) is 0 Å². The third-order valence-corrected chi connectivity index (χ3v) is 3.60. The largest absolute Gasteiger partial charge is 0.469 e. The monoisotopic (exact) mass is 421 g/mol. The second-order valence-corrected chi connectivity index (χ2v) is 5.68. The van der Waals surface area contributed by atoms with E-state index in [0.29, 0.717) is 16.9 Å². The number of esters is 1. The normalized spacial score (nSPS) is 11.2. The highest BCUT2D eigenvalue weighted by molar-refractivity contribution is 6.32. The first-order valence-corrected chi connectivity index (χ1v) is 7.67. The topological polar surface area (TPSA) is 129 Å². The van der Waals surface area contributed by atoms with Crippen LogP contribution in [0, 0.1) is 10.1 Å². The van der Waals surface area contributed by atoms with Gasteiger partial charge in [-0.1, -0.05) is 11.6 Å². The Kier molecular flexibility index (Phi) is 5.87. The summed E-state index contributed by atoms with van der Waals surface area (Å²) in [5.74, 6) is -2.55. The molecule has 1 amide bonds. The van der Waals surface area contributed by atoms with Crippen molar-refractivity contribution in [3.63, 3.8) is 0 Å². The standard InChI is InChI=1S/C14H11ClF3N5O5/c1-6(24)20-12-11(23(26)27)9(4-10(25)28-2)22(21-12)13-8(15)3-7(5-19-13)14(16,17)18/h3,5H,4H2,1-2H3,(H,20,21,24). The summed E-state index contributed by atoms with van der Waals surface area (Å²) in [4.78, 5) is 37.1. The van der Waals surface area contributed by atoms with Crippen LogP contribution in [0.25, 0.3) is 5.82 Å². The molecule has 2 heterocycles. The van der Waals surface area contributed by atoms with Crippen molar-refractivity contribution in [2.45, 2.75) is 19.5 Å². The maximum absolute atomic E-state index is 12.8. The lowest BCUT2D eigenvalue weighted by Gasteiger charge is -2.10. The minimum absolute atomic E-state index is 0.394. The fourth-order valence-electron chi connectivity index (χ4n) is 2.17. The average Bonchev–Trinajstić information content (AvgIpc) is 2.90. The number of carbonyl (C=O) groups is 2. The molecule has 150 valence electrons. The minimum Gasteiger partial charge on any atom is -0.469 e. The van der Waals surface area contributed by atoms with E-state index in [2.05, 4.69) is 20.1 Å². The first-order chi connectivity index (χ1) is 13.0. The lowest BCUT2D eigenvalue weighted by molar-refractivity contribution is -0.384. The Morgan fingerprint density at radius 3 is 2.54 bits per heavy atom. The van der Waals surface area contributed by atoms with Gasteiger partial charge in [0.15, 0.2) is 5.82 Å². The molecule has 0 aromatic carbocycles. The Morgan fingerprint density at radius 2 is 2.07 bits per heavy atom. The van der Waals surface area contributed by atoms with Crippen LogP contribution in [0.5, 0.6) is 0 Å². The number of rotatable bonds is 5. The smallest absolute Gasteiger partial charge is 0.417 e. The number of alkyl halides is 3. The van der Waals surface area contributed by atoms with Gasteiger partial charge in [-0.2, -0.15) is 13.2 Å². The molecule has 0 unspecified atom stereocenters. The molecule has 10 nitrogen and oxygen atoms in total. The van der Waals surface area contributed by atoms with Gasteiger partial charge in [0.25, 0.3) is 0 Å². The molecular weight excluding hydrogens is 411 g/mol. The molecule has 0 spiro atoms. The average molecular weight is 422 g/mol. The Morgan fingerprint density at radius 1 is 1.43 bits per heavy atom. The second kappa shape index (κ2) is 7.80. The zero-order chi connectivity index (χ0) is 21.2. The van der Waals surface area contributed by atoms with Crippen molar-refractivity contribution in [1.29, 1.82) is 0 Å². The Bertz CT molecular complexity index is 960. The summed E-state index contributed by atoms with van der Waals surface area (Å²) < 4.78 is 43.6. The highest BCUT2D eigenvalue weighted by Crippen LogP contribution is 2.35. The number of methoxy groups -OCH3 is 1. The number of carbonyl (C=O) groups excluding carboxylic acids is 2. The number of nitrogens with one attached hydrogen (secondary N) is 1. The summed E-state index contributed by atoms with van der Waals surface area (Å²) in [5.41, 5.74) is -2.30. The molecule has 0 saturated carbocycles. The van der Waals surface area contributed by atoms with Crippen LogP contribution in [0.2, 0.25) is 5.02 Å². The van der Waals surface area contributed by atoms with Gasteiger partial charge < -0.3 is 10.1 Å². The van der Waals surface area contributed by atoms with Gasteiger partial charge in [0, 0.05) is 13.1 Å². The lowest BCUT2D eigenvalue weighted by Crippen LogP contribution is -2.14.